The summed E-state index contributed by atoms with van der Waals surface area (Å²) in [5.74, 6) is 5.72. The van der Waals surface area contributed by atoms with Gasteiger partial charge in [-0.25, -0.2) is 5.84 Å². The predicted molar refractivity (Wildman–Crippen MR) is 48.5 cm³/mol. The Hall–Kier alpha value is -1.07. The molecule has 1 heterocycles. The van der Waals surface area contributed by atoms with Gasteiger partial charge in [0.1, 0.15) is 0 Å². The molecule has 0 aromatic carbocycles. The molecule has 0 amide bonds. The summed E-state index contributed by atoms with van der Waals surface area (Å²) in [7, 11) is 1.87. The van der Waals surface area contributed by atoms with Gasteiger partial charge in [-0.2, -0.15) is 5.10 Å². The van der Waals surface area contributed by atoms with Crippen LogP contribution in [0.2, 0.25) is 0 Å². The third-order valence-electron chi connectivity index (χ3n) is 1.67. The molecule has 0 unspecified atom stereocenters. The predicted octanol–water partition coefficient (Wildman–Crippen LogP) is -0.633. The van der Waals surface area contributed by atoms with Gasteiger partial charge in [0.15, 0.2) is 0 Å². The molecule has 0 saturated heterocycles. The van der Waals surface area contributed by atoms with Crippen LogP contribution < -0.4 is 16.6 Å². The summed E-state index contributed by atoms with van der Waals surface area (Å²) < 4.78 is 1.74. The summed E-state index contributed by atoms with van der Waals surface area (Å²) in [5, 5.41) is 5.78. The van der Waals surface area contributed by atoms with Crippen LogP contribution in [-0.2, 0) is 7.05 Å². The van der Waals surface area contributed by atoms with Crippen molar-refractivity contribution in [1.82, 2.24) is 9.78 Å². The zero-order valence-corrected chi connectivity index (χ0v) is 7.49. The summed E-state index contributed by atoms with van der Waals surface area (Å²) in [5.41, 5.74) is 7.23. The molecule has 0 aliphatic carbocycles. The van der Waals surface area contributed by atoms with Crippen molar-refractivity contribution in [2.75, 3.05) is 18.1 Å². The molecule has 1 aromatic heterocycles. The number of anilines is 1. The molecule has 5 nitrogen and oxygen atoms in total. The summed E-state index contributed by atoms with van der Waals surface area (Å²) in [6.45, 7) is 3.11. The number of hydrazine groups is 1. The Morgan fingerprint density at radius 3 is 2.75 bits per heavy atom. The van der Waals surface area contributed by atoms with Crippen molar-refractivity contribution in [2.45, 2.75) is 6.92 Å². The number of nitrogens with two attached hydrogens (primary N) is 2. The third kappa shape index (κ3) is 1.75. The number of rotatable bonds is 3. The van der Waals surface area contributed by atoms with Gasteiger partial charge in [-0.05, 0) is 6.92 Å². The highest BCUT2D eigenvalue weighted by Crippen LogP contribution is 2.13. The second-order valence-corrected chi connectivity index (χ2v) is 2.76. The minimum absolute atomic E-state index is 0.546. The minimum atomic E-state index is 0.546. The van der Waals surface area contributed by atoms with E-state index >= 15 is 0 Å². The lowest BCUT2D eigenvalue weighted by Crippen LogP contribution is -2.35. The van der Waals surface area contributed by atoms with E-state index in [9.17, 15) is 0 Å². The lowest BCUT2D eigenvalue weighted by Gasteiger charge is -2.15. The molecule has 0 spiro atoms. The normalized spacial score (nSPS) is 10.3. The Bertz CT molecular complexity index is 254. The molecule has 12 heavy (non-hydrogen) atoms. The van der Waals surface area contributed by atoms with E-state index in [1.165, 1.54) is 0 Å². The van der Waals surface area contributed by atoms with Crippen LogP contribution >= 0.6 is 0 Å². The van der Waals surface area contributed by atoms with E-state index in [-0.39, 0.29) is 0 Å². The zero-order chi connectivity index (χ0) is 9.14. The van der Waals surface area contributed by atoms with Crippen molar-refractivity contribution in [2.24, 2.45) is 18.6 Å². The van der Waals surface area contributed by atoms with Gasteiger partial charge < -0.3 is 10.7 Å². The molecule has 0 aliphatic heterocycles. The summed E-state index contributed by atoms with van der Waals surface area (Å²) in [6, 6.07) is 0. The van der Waals surface area contributed by atoms with Crippen LogP contribution in [0.3, 0.4) is 0 Å². The molecular weight excluding hydrogens is 154 g/mol. The summed E-state index contributed by atoms with van der Waals surface area (Å²) >= 11 is 0. The van der Waals surface area contributed by atoms with Crippen molar-refractivity contribution >= 4 is 5.69 Å². The first-order valence-corrected chi connectivity index (χ1v) is 3.87. The van der Waals surface area contributed by atoms with Crippen LogP contribution in [-0.4, -0.2) is 22.9 Å². The standard InChI is InChI=1S/C7H15N5/c1-6-7(5-11(2)10-6)12(9)4-3-8/h5H,3-4,8-9H2,1-2H3. The molecule has 1 rings (SSSR count). The van der Waals surface area contributed by atoms with Gasteiger partial charge in [-0.3, -0.25) is 4.68 Å². The van der Waals surface area contributed by atoms with E-state index in [4.69, 9.17) is 11.6 Å². The van der Waals surface area contributed by atoms with E-state index in [0.717, 1.165) is 11.4 Å². The smallest absolute Gasteiger partial charge is 0.0927 e. The van der Waals surface area contributed by atoms with Crippen LogP contribution in [0.1, 0.15) is 5.69 Å². The van der Waals surface area contributed by atoms with Crippen LogP contribution in [0.15, 0.2) is 6.20 Å². The van der Waals surface area contributed by atoms with Gasteiger partial charge in [0.2, 0.25) is 0 Å². The van der Waals surface area contributed by atoms with Gasteiger partial charge >= 0.3 is 0 Å². The van der Waals surface area contributed by atoms with Crippen molar-refractivity contribution < 1.29 is 0 Å². The van der Waals surface area contributed by atoms with Crippen LogP contribution in [0.5, 0.6) is 0 Å². The van der Waals surface area contributed by atoms with E-state index in [1.807, 2.05) is 20.2 Å². The number of nitrogens with zero attached hydrogens (tertiary/aromatic N) is 3. The first-order valence-electron chi connectivity index (χ1n) is 3.87. The molecule has 0 aliphatic rings. The van der Waals surface area contributed by atoms with E-state index in [1.54, 1.807) is 9.69 Å². The number of aryl methyl sites for hydroxylation is 2. The average molecular weight is 169 g/mol. The number of hydrogen-bond donors (Lipinski definition) is 2. The molecule has 0 radical (unpaired) electrons. The molecule has 0 fully saturated rings. The maximum atomic E-state index is 5.72. The van der Waals surface area contributed by atoms with Gasteiger partial charge in [0.25, 0.3) is 0 Å². The minimum Gasteiger partial charge on any atom is -0.329 e. The fraction of sp³-hybridized carbons (Fsp3) is 0.571. The molecule has 1 aromatic rings. The van der Waals surface area contributed by atoms with Crippen molar-refractivity contribution in [3.63, 3.8) is 0 Å². The molecule has 5 heteroatoms. The quantitative estimate of drug-likeness (QED) is 0.466. The third-order valence-corrected chi connectivity index (χ3v) is 1.67. The topological polar surface area (TPSA) is 73.1 Å². The SMILES string of the molecule is Cc1nn(C)cc1N(N)CCN. The number of hydrogen-bond acceptors (Lipinski definition) is 4. The first-order chi connectivity index (χ1) is 5.65. The molecule has 0 atom stereocenters. The second-order valence-electron chi connectivity index (χ2n) is 2.76. The summed E-state index contributed by atoms with van der Waals surface area (Å²) in [6.07, 6.45) is 1.88. The van der Waals surface area contributed by atoms with Crippen LogP contribution in [0.4, 0.5) is 5.69 Å². The zero-order valence-electron chi connectivity index (χ0n) is 7.49. The van der Waals surface area contributed by atoms with Gasteiger partial charge in [0, 0.05) is 26.3 Å². The lowest BCUT2D eigenvalue weighted by atomic mass is 10.4. The Balaban J connectivity index is 2.79. The monoisotopic (exact) mass is 169 g/mol. The van der Waals surface area contributed by atoms with E-state index in [0.29, 0.717) is 13.1 Å². The largest absolute Gasteiger partial charge is 0.329 e. The Morgan fingerprint density at radius 1 is 1.67 bits per heavy atom. The van der Waals surface area contributed by atoms with Gasteiger partial charge in [0.05, 0.1) is 11.4 Å². The highest BCUT2D eigenvalue weighted by atomic mass is 15.4. The Kier molecular flexibility index (Phi) is 2.67. The Morgan fingerprint density at radius 2 is 2.33 bits per heavy atom. The van der Waals surface area contributed by atoms with Crippen molar-refractivity contribution in [3.05, 3.63) is 11.9 Å². The van der Waals surface area contributed by atoms with E-state index in [2.05, 4.69) is 5.10 Å². The molecule has 68 valence electrons. The lowest BCUT2D eigenvalue weighted by molar-refractivity contribution is 0.756. The average Bonchev–Trinajstić information content (AvgIpc) is 2.30. The highest BCUT2D eigenvalue weighted by molar-refractivity contribution is 5.47. The molecule has 0 saturated carbocycles. The Labute approximate surface area is 71.9 Å². The van der Waals surface area contributed by atoms with Crippen LogP contribution in [0.25, 0.3) is 0 Å². The second kappa shape index (κ2) is 3.55. The van der Waals surface area contributed by atoms with E-state index < -0.39 is 0 Å². The fourth-order valence-corrected chi connectivity index (χ4v) is 1.13. The maximum Gasteiger partial charge on any atom is 0.0927 e. The molecule has 4 N–H and O–H groups in total. The fourth-order valence-electron chi connectivity index (χ4n) is 1.13. The maximum absolute atomic E-state index is 5.72. The van der Waals surface area contributed by atoms with Crippen molar-refractivity contribution in [3.8, 4) is 0 Å². The first kappa shape index (κ1) is 9.02. The summed E-state index contributed by atoms with van der Waals surface area (Å²) in [4.78, 5) is 0. The van der Waals surface area contributed by atoms with Gasteiger partial charge in [-0.15, -0.1) is 0 Å². The number of aromatic nitrogens is 2. The van der Waals surface area contributed by atoms with Crippen molar-refractivity contribution in [1.29, 1.82) is 0 Å². The molecular formula is C7H15N5. The highest BCUT2D eigenvalue weighted by Gasteiger charge is 2.06. The van der Waals surface area contributed by atoms with Crippen LogP contribution in [0, 0.1) is 6.92 Å². The van der Waals surface area contributed by atoms with Gasteiger partial charge in [-0.1, -0.05) is 0 Å². The molecule has 0 bridgehead atoms.